The largest absolute Gasteiger partial charge is 0.393 e. The molecule has 142 valence electrons. The zero-order valence-electron chi connectivity index (χ0n) is 15.2. The van der Waals surface area contributed by atoms with Crippen molar-refractivity contribution in [3.8, 4) is 0 Å². The minimum absolute atomic E-state index is 0. The van der Waals surface area contributed by atoms with Crippen LogP contribution < -0.4 is 10.6 Å². The van der Waals surface area contributed by atoms with Gasteiger partial charge in [-0.15, -0.1) is 24.0 Å². The molecule has 0 aromatic carbocycles. The van der Waals surface area contributed by atoms with Gasteiger partial charge in [-0.1, -0.05) is 6.07 Å². The smallest absolute Gasteiger partial charge is 0.191 e. The van der Waals surface area contributed by atoms with Crippen LogP contribution in [0.3, 0.4) is 0 Å². The lowest BCUT2D eigenvalue weighted by molar-refractivity contribution is 0.0824. The lowest BCUT2D eigenvalue weighted by Crippen LogP contribution is -2.39. The fourth-order valence-electron chi connectivity index (χ4n) is 2.82. The predicted molar refractivity (Wildman–Crippen MR) is 114 cm³/mol. The van der Waals surface area contributed by atoms with Crippen molar-refractivity contribution in [3.63, 3.8) is 0 Å². The molecule has 3 N–H and O–H groups in total. The average molecular weight is 461 g/mol. The fraction of sp³-hybridized carbons (Fsp3) is 0.667. The highest BCUT2D eigenvalue weighted by molar-refractivity contribution is 14.0. The summed E-state index contributed by atoms with van der Waals surface area (Å²) in [4.78, 5) is 11.4. The minimum atomic E-state index is -0.0945. The summed E-state index contributed by atoms with van der Waals surface area (Å²) in [6.07, 6.45) is 5.48. The predicted octanol–water partition coefficient (Wildman–Crippen LogP) is 1.64. The molecule has 0 atom stereocenters. The highest BCUT2D eigenvalue weighted by Crippen LogP contribution is 2.09. The Bertz CT molecular complexity index is 478. The van der Waals surface area contributed by atoms with Crippen LogP contribution in [0.5, 0.6) is 0 Å². The summed E-state index contributed by atoms with van der Waals surface area (Å²) in [7, 11) is 0. The van der Waals surface area contributed by atoms with E-state index >= 15 is 0 Å². The van der Waals surface area contributed by atoms with E-state index in [2.05, 4.69) is 32.4 Å². The summed E-state index contributed by atoms with van der Waals surface area (Å²) in [5.74, 6) is 0.877. The Morgan fingerprint density at radius 2 is 2.12 bits per heavy atom. The number of nitrogens with one attached hydrogen (secondary N) is 2. The third-order valence-corrected chi connectivity index (χ3v) is 4.20. The lowest BCUT2D eigenvalue weighted by Gasteiger charge is -2.29. The molecule has 1 fully saturated rings. The SMILES string of the molecule is CCNC(=NCCCN1CCC(O)CC1)NCCc1ccccn1.I. The monoisotopic (exact) mass is 461 g/mol. The number of rotatable bonds is 8. The summed E-state index contributed by atoms with van der Waals surface area (Å²) in [6, 6.07) is 5.99. The Labute approximate surface area is 168 Å². The van der Waals surface area contributed by atoms with Gasteiger partial charge in [-0.2, -0.15) is 0 Å². The first-order chi connectivity index (χ1) is 11.8. The van der Waals surface area contributed by atoms with Crippen molar-refractivity contribution in [1.29, 1.82) is 0 Å². The zero-order valence-corrected chi connectivity index (χ0v) is 17.5. The molecular formula is C18H32IN5O. The summed E-state index contributed by atoms with van der Waals surface area (Å²) in [5, 5.41) is 16.2. The van der Waals surface area contributed by atoms with Crippen LogP contribution in [0, 0.1) is 0 Å². The van der Waals surface area contributed by atoms with E-state index in [0.717, 1.165) is 76.6 Å². The Hall–Kier alpha value is -0.930. The molecule has 1 aromatic rings. The van der Waals surface area contributed by atoms with Crippen molar-refractivity contribution in [1.82, 2.24) is 20.5 Å². The van der Waals surface area contributed by atoms with Crippen molar-refractivity contribution in [3.05, 3.63) is 30.1 Å². The number of piperidine rings is 1. The zero-order chi connectivity index (χ0) is 17.0. The van der Waals surface area contributed by atoms with Crippen molar-refractivity contribution in [2.75, 3.05) is 39.3 Å². The van der Waals surface area contributed by atoms with Gasteiger partial charge < -0.3 is 20.6 Å². The van der Waals surface area contributed by atoms with E-state index in [4.69, 9.17) is 0 Å². The van der Waals surface area contributed by atoms with Gasteiger partial charge in [-0.05, 0) is 44.9 Å². The van der Waals surface area contributed by atoms with Crippen LogP contribution in [0.4, 0.5) is 0 Å². The molecule has 2 rings (SSSR count). The van der Waals surface area contributed by atoms with Crippen LogP contribution in [-0.2, 0) is 6.42 Å². The number of halogens is 1. The Kier molecular flexibility index (Phi) is 11.8. The van der Waals surface area contributed by atoms with Crippen molar-refractivity contribution >= 4 is 29.9 Å². The van der Waals surface area contributed by atoms with Gasteiger partial charge in [0.25, 0.3) is 0 Å². The van der Waals surface area contributed by atoms with E-state index in [1.54, 1.807) is 0 Å². The highest BCUT2D eigenvalue weighted by Gasteiger charge is 2.15. The molecule has 6 nitrogen and oxygen atoms in total. The average Bonchev–Trinajstić information content (AvgIpc) is 2.61. The maximum Gasteiger partial charge on any atom is 0.191 e. The minimum Gasteiger partial charge on any atom is -0.393 e. The lowest BCUT2D eigenvalue weighted by atomic mass is 10.1. The standard InChI is InChI=1S/C18H31N5O.HI/c1-2-19-18(22-12-7-16-6-3-4-10-20-16)21-11-5-13-23-14-8-17(24)9-15-23;/h3-4,6,10,17,24H,2,5,7-9,11-15H2,1H3,(H2,19,21,22);1H. The molecule has 1 aromatic heterocycles. The molecule has 0 amide bonds. The molecule has 1 saturated heterocycles. The molecule has 1 aliphatic rings. The number of aliphatic imine (C=N–C) groups is 1. The second kappa shape index (κ2) is 13.3. The summed E-state index contributed by atoms with van der Waals surface area (Å²) < 4.78 is 0. The van der Waals surface area contributed by atoms with Crippen LogP contribution in [-0.4, -0.2) is 66.3 Å². The molecule has 0 unspecified atom stereocenters. The summed E-state index contributed by atoms with van der Waals surface area (Å²) in [5.41, 5.74) is 1.09. The van der Waals surface area contributed by atoms with Gasteiger partial charge >= 0.3 is 0 Å². The third kappa shape index (κ3) is 9.37. The second-order valence-electron chi connectivity index (χ2n) is 6.18. The number of likely N-dealkylation sites (tertiary alicyclic amines) is 1. The molecule has 7 heteroatoms. The number of hydrogen-bond donors (Lipinski definition) is 3. The number of guanidine groups is 1. The van der Waals surface area contributed by atoms with Gasteiger partial charge in [-0.25, -0.2) is 0 Å². The molecular weight excluding hydrogens is 429 g/mol. The van der Waals surface area contributed by atoms with Crippen LogP contribution in [0.2, 0.25) is 0 Å². The molecule has 0 saturated carbocycles. The molecule has 2 heterocycles. The van der Waals surface area contributed by atoms with E-state index in [0.29, 0.717) is 0 Å². The maximum atomic E-state index is 9.53. The van der Waals surface area contributed by atoms with Gasteiger partial charge in [0.15, 0.2) is 5.96 Å². The third-order valence-electron chi connectivity index (χ3n) is 4.20. The van der Waals surface area contributed by atoms with Gasteiger partial charge in [0.1, 0.15) is 0 Å². The van der Waals surface area contributed by atoms with Crippen molar-refractivity contribution in [2.45, 2.75) is 38.7 Å². The number of hydrogen-bond acceptors (Lipinski definition) is 4. The van der Waals surface area contributed by atoms with E-state index in [1.807, 2.05) is 24.4 Å². The normalized spacial score (nSPS) is 16.3. The Balaban J connectivity index is 0.00000312. The summed E-state index contributed by atoms with van der Waals surface area (Å²) >= 11 is 0. The molecule has 25 heavy (non-hydrogen) atoms. The Morgan fingerprint density at radius 3 is 2.80 bits per heavy atom. The number of aromatic nitrogens is 1. The number of nitrogens with zero attached hydrogens (tertiary/aromatic N) is 3. The maximum absolute atomic E-state index is 9.53. The molecule has 0 bridgehead atoms. The van der Waals surface area contributed by atoms with Gasteiger partial charge in [-0.3, -0.25) is 9.98 Å². The topological polar surface area (TPSA) is 72.8 Å². The molecule has 0 radical (unpaired) electrons. The fourth-order valence-corrected chi connectivity index (χ4v) is 2.82. The van der Waals surface area contributed by atoms with Crippen molar-refractivity contribution in [2.24, 2.45) is 4.99 Å². The number of aliphatic hydroxyl groups excluding tert-OH is 1. The highest BCUT2D eigenvalue weighted by atomic mass is 127. The van der Waals surface area contributed by atoms with Crippen LogP contribution in [0.15, 0.2) is 29.4 Å². The molecule has 0 aliphatic carbocycles. The first kappa shape index (κ1) is 22.1. The van der Waals surface area contributed by atoms with Crippen LogP contribution in [0.25, 0.3) is 0 Å². The quantitative estimate of drug-likeness (QED) is 0.238. The Morgan fingerprint density at radius 1 is 1.32 bits per heavy atom. The van der Waals surface area contributed by atoms with Gasteiger partial charge in [0.2, 0.25) is 0 Å². The second-order valence-corrected chi connectivity index (χ2v) is 6.18. The van der Waals surface area contributed by atoms with Crippen LogP contribution >= 0.6 is 24.0 Å². The van der Waals surface area contributed by atoms with E-state index in [9.17, 15) is 5.11 Å². The number of pyridine rings is 1. The first-order valence-electron chi connectivity index (χ1n) is 9.10. The van der Waals surface area contributed by atoms with Crippen molar-refractivity contribution < 1.29 is 5.11 Å². The van der Waals surface area contributed by atoms with E-state index in [1.165, 1.54) is 0 Å². The number of aliphatic hydroxyl groups is 1. The van der Waals surface area contributed by atoms with Gasteiger partial charge in [0, 0.05) is 51.0 Å². The van der Waals surface area contributed by atoms with Crippen LogP contribution in [0.1, 0.15) is 31.9 Å². The molecule has 0 spiro atoms. The van der Waals surface area contributed by atoms with E-state index < -0.39 is 0 Å². The molecule has 1 aliphatic heterocycles. The van der Waals surface area contributed by atoms with E-state index in [-0.39, 0.29) is 30.1 Å². The van der Waals surface area contributed by atoms with Gasteiger partial charge in [0.05, 0.1) is 6.10 Å². The summed E-state index contributed by atoms with van der Waals surface area (Å²) in [6.45, 7) is 7.66. The first-order valence-corrected chi connectivity index (χ1v) is 9.10.